The normalized spacial score (nSPS) is 17.7. The SMILES string of the molecule is Cn1c(N2CCCCC2Cn2cccn2)c(C#N)c(=O)n(C)c1=O. The maximum absolute atomic E-state index is 12.3. The molecule has 1 fully saturated rings. The van der Waals surface area contributed by atoms with Crippen molar-refractivity contribution in [1.82, 2.24) is 18.9 Å². The van der Waals surface area contributed by atoms with Crippen LogP contribution >= 0.6 is 0 Å². The fourth-order valence-electron chi connectivity index (χ4n) is 3.36. The molecule has 1 saturated heterocycles. The van der Waals surface area contributed by atoms with Gasteiger partial charge in [0.2, 0.25) is 0 Å². The Morgan fingerprint density at radius 3 is 2.75 bits per heavy atom. The summed E-state index contributed by atoms with van der Waals surface area (Å²) in [6.45, 7) is 1.36. The zero-order valence-electron chi connectivity index (χ0n) is 13.8. The maximum atomic E-state index is 12.3. The summed E-state index contributed by atoms with van der Waals surface area (Å²) in [6.07, 6.45) is 6.57. The molecule has 1 atom stereocenters. The van der Waals surface area contributed by atoms with E-state index in [1.54, 1.807) is 13.2 Å². The van der Waals surface area contributed by atoms with E-state index in [0.717, 1.165) is 23.8 Å². The second-order valence-corrected chi connectivity index (χ2v) is 6.09. The first-order chi connectivity index (χ1) is 11.5. The maximum Gasteiger partial charge on any atom is 0.332 e. The van der Waals surface area contributed by atoms with E-state index >= 15 is 0 Å². The first-order valence-corrected chi connectivity index (χ1v) is 7.98. The Labute approximate surface area is 139 Å². The lowest BCUT2D eigenvalue weighted by Gasteiger charge is -2.38. The lowest BCUT2D eigenvalue weighted by atomic mass is 10.0. The van der Waals surface area contributed by atoms with Gasteiger partial charge in [0.15, 0.2) is 5.56 Å². The molecule has 1 aliphatic rings. The van der Waals surface area contributed by atoms with Crippen molar-refractivity contribution in [3.8, 4) is 6.07 Å². The smallest absolute Gasteiger partial charge is 0.332 e. The van der Waals surface area contributed by atoms with Crippen LogP contribution in [0.3, 0.4) is 0 Å². The van der Waals surface area contributed by atoms with E-state index in [1.165, 1.54) is 11.6 Å². The molecular weight excluding hydrogens is 308 g/mol. The third kappa shape index (κ3) is 2.62. The number of nitrogens with zero attached hydrogens (tertiary/aromatic N) is 6. The zero-order valence-corrected chi connectivity index (χ0v) is 13.8. The van der Waals surface area contributed by atoms with Gasteiger partial charge in [0.1, 0.15) is 11.9 Å². The average Bonchev–Trinajstić information content (AvgIpc) is 3.10. The van der Waals surface area contributed by atoms with Crippen molar-refractivity contribution >= 4 is 5.82 Å². The molecule has 0 saturated carbocycles. The Hall–Kier alpha value is -2.82. The molecule has 3 heterocycles. The molecule has 0 N–H and O–H groups in total. The molecule has 0 radical (unpaired) electrons. The highest BCUT2D eigenvalue weighted by Gasteiger charge is 2.29. The van der Waals surface area contributed by atoms with Crippen molar-refractivity contribution in [3.05, 3.63) is 44.9 Å². The molecule has 8 heteroatoms. The predicted octanol–water partition coefficient (Wildman–Crippen LogP) is 0.211. The van der Waals surface area contributed by atoms with Gasteiger partial charge in [-0.05, 0) is 25.3 Å². The van der Waals surface area contributed by atoms with Gasteiger partial charge in [-0.15, -0.1) is 0 Å². The minimum absolute atomic E-state index is 0.0203. The van der Waals surface area contributed by atoms with Crippen molar-refractivity contribution in [2.75, 3.05) is 11.4 Å². The van der Waals surface area contributed by atoms with E-state index in [4.69, 9.17) is 0 Å². The Bertz CT molecular complexity index is 887. The Balaban J connectivity index is 2.10. The summed E-state index contributed by atoms with van der Waals surface area (Å²) < 4.78 is 4.23. The molecule has 3 rings (SSSR count). The molecule has 2 aromatic rings. The van der Waals surface area contributed by atoms with Gasteiger partial charge in [-0.2, -0.15) is 10.4 Å². The molecule has 0 aromatic carbocycles. The van der Waals surface area contributed by atoms with Crippen LogP contribution in [0, 0.1) is 11.3 Å². The lowest BCUT2D eigenvalue weighted by Crippen LogP contribution is -2.48. The minimum Gasteiger partial charge on any atom is -0.352 e. The van der Waals surface area contributed by atoms with Gasteiger partial charge in [0.05, 0.1) is 6.54 Å². The van der Waals surface area contributed by atoms with Crippen LogP contribution in [0.4, 0.5) is 5.82 Å². The molecular formula is C16H20N6O2. The summed E-state index contributed by atoms with van der Waals surface area (Å²) in [7, 11) is 3.00. The van der Waals surface area contributed by atoms with Crippen molar-refractivity contribution in [1.29, 1.82) is 5.26 Å². The summed E-state index contributed by atoms with van der Waals surface area (Å²) >= 11 is 0. The van der Waals surface area contributed by atoms with Gasteiger partial charge in [-0.3, -0.25) is 18.6 Å². The van der Waals surface area contributed by atoms with Crippen molar-refractivity contribution < 1.29 is 0 Å². The molecule has 0 aliphatic carbocycles. The van der Waals surface area contributed by atoms with Crippen LogP contribution in [0.25, 0.3) is 0 Å². The third-order valence-corrected chi connectivity index (χ3v) is 4.60. The van der Waals surface area contributed by atoms with Crippen molar-refractivity contribution in [2.24, 2.45) is 14.1 Å². The van der Waals surface area contributed by atoms with Crippen LogP contribution in [0.15, 0.2) is 28.0 Å². The summed E-state index contributed by atoms with van der Waals surface area (Å²) in [5.74, 6) is 0.419. The van der Waals surface area contributed by atoms with Gasteiger partial charge in [-0.1, -0.05) is 0 Å². The molecule has 126 valence electrons. The molecule has 24 heavy (non-hydrogen) atoms. The third-order valence-electron chi connectivity index (χ3n) is 4.60. The van der Waals surface area contributed by atoms with E-state index in [1.807, 2.05) is 27.9 Å². The second kappa shape index (κ2) is 6.35. The number of piperidine rings is 1. The quantitative estimate of drug-likeness (QED) is 0.804. The van der Waals surface area contributed by atoms with E-state index in [0.29, 0.717) is 18.9 Å². The summed E-state index contributed by atoms with van der Waals surface area (Å²) in [5, 5.41) is 13.7. The molecule has 0 bridgehead atoms. The first kappa shape index (κ1) is 16.1. The monoisotopic (exact) mass is 328 g/mol. The van der Waals surface area contributed by atoms with E-state index in [2.05, 4.69) is 5.10 Å². The van der Waals surface area contributed by atoms with Gasteiger partial charge in [0.25, 0.3) is 5.56 Å². The Morgan fingerprint density at radius 1 is 1.29 bits per heavy atom. The van der Waals surface area contributed by atoms with Crippen LogP contribution in [-0.4, -0.2) is 31.5 Å². The highest BCUT2D eigenvalue weighted by Crippen LogP contribution is 2.26. The number of hydrogen-bond donors (Lipinski definition) is 0. The number of nitriles is 1. The largest absolute Gasteiger partial charge is 0.352 e. The predicted molar refractivity (Wildman–Crippen MR) is 88.9 cm³/mol. The summed E-state index contributed by atoms with van der Waals surface area (Å²) in [4.78, 5) is 26.7. The molecule has 0 amide bonds. The number of anilines is 1. The number of aromatic nitrogens is 4. The van der Waals surface area contributed by atoms with Crippen LogP contribution in [-0.2, 0) is 20.6 Å². The number of hydrogen-bond acceptors (Lipinski definition) is 5. The van der Waals surface area contributed by atoms with E-state index in [-0.39, 0.29) is 11.6 Å². The Kier molecular flexibility index (Phi) is 4.25. The van der Waals surface area contributed by atoms with E-state index < -0.39 is 11.2 Å². The zero-order chi connectivity index (χ0) is 17.3. The van der Waals surface area contributed by atoms with Crippen LogP contribution in [0.2, 0.25) is 0 Å². The molecule has 1 unspecified atom stereocenters. The molecule has 1 aliphatic heterocycles. The van der Waals surface area contributed by atoms with E-state index in [9.17, 15) is 14.9 Å². The van der Waals surface area contributed by atoms with Gasteiger partial charge < -0.3 is 4.90 Å². The van der Waals surface area contributed by atoms with Gasteiger partial charge in [-0.25, -0.2) is 4.79 Å². The highest BCUT2D eigenvalue weighted by molar-refractivity contribution is 5.54. The second-order valence-electron chi connectivity index (χ2n) is 6.09. The molecule has 8 nitrogen and oxygen atoms in total. The van der Waals surface area contributed by atoms with Crippen LogP contribution in [0.1, 0.15) is 24.8 Å². The highest BCUT2D eigenvalue weighted by atomic mass is 16.2. The fourth-order valence-corrected chi connectivity index (χ4v) is 3.36. The van der Waals surface area contributed by atoms with Crippen LogP contribution in [0.5, 0.6) is 0 Å². The summed E-state index contributed by atoms with van der Waals surface area (Å²) in [6, 6.07) is 3.94. The van der Waals surface area contributed by atoms with Crippen molar-refractivity contribution in [3.63, 3.8) is 0 Å². The van der Waals surface area contributed by atoms with Gasteiger partial charge >= 0.3 is 5.69 Å². The topological polar surface area (TPSA) is 88.8 Å². The lowest BCUT2D eigenvalue weighted by molar-refractivity contribution is 0.391. The average molecular weight is 328 g/mol. The standard InChI is InChI=1S/C16H20N6O2/c1-19-14(13(10-17)15(23)20(2)16(19)24)22-9-4-3-6-12(22)11-21-8-5-7-18-21/h5,7-8,12H,3-4,6,9,11H2,1-2H3. The first-order valence-electron chi connectivity index (χ1n) is 7.98. The molecule has 0 spiro atoms. The van der Waals surface area contributed by atoms with Crippen molar-refractivity contribution in [2.45, 2.75) is 31.8 Å². The summed E-state index contributed by atoms with van der Waals surface area (Å²) in [5.41, 5.74) is -0.941. The molecule has 2 aromatic heterocycles. The Morgan fingerprint density at radius 2 is 2.08 bits per heavy atom. The fraction of sp³-hybridized carbons (Fsp3) is 0.500. The van der Waals surface area contributed by atoms with Gasteiger partial charge in [0, 0.05) is 39.1 Å². The number of rotatable bonds is 3. The van der Waals surface area contributed by atoms with Crippen LogP contribution < -0.4 is 16.1 Å². The minimum atomic E-state index is -0.543.